The van der Waals surface area contributed by atoms with Gasteiger partial charge in [-0.1, -0.05) is 18.2 Å². The zero-order chi connectivity index (χ0) is 13.0. The van der Waals surface area contributed by atoms with Gasteiger partial charge in [-0.3, -0.25) is 0 Å². The van der Waals surface area contributed by atoms with E-state index in [1.807, 2.05) is 12.1 Å². The number of benzene rings is 2. The summed E-state index contributed by atoms with van der Waals surface area (Å²) in [5, 5.41) is 22.1. The quantitative estimate of drug-likeness (QED) is 0.734. The SMILES string of the molecule is Oc1cccc(CNc2cccc(O)c2OI)c1. The van der Waals surface area contributed by atoms with E-state index in [9.17, 15) is 10.2 Å². The van der Waals surface area contributed by atoms with Crippen molar-refractivity contribution in [1.82, 2.24) is 0 Å². The second-order valence-electron chi connectivity index (χ2n) is 3.75. The number of hydrogen-bond acceptors (Lipinski definition) is 4. The van der Waals surface area contributed by atoms with Gasteiger partial charge in [0.25, 0.3) is 0 Å². The number of anilines is 1. The third-order valence-electron chi connectivity index (χ3n) is 2.46. The minimum absolute atomic E-state index is 0.0882. The molecule has 5 heteroatoms. The lowest BCUT2D eigenvalue weighted by Crippen LogP contribution is -2.00. The predicted octanol–water partition coefficient (Wildman–Crippen LogP) is 3.44. The number of nitrogens with one attached hydrogen (secondary N) is 1. The summed E-state index contributed by atoms with van der Waals surface area (Å²) < 4.78 is 5.10. The Labute approximate surface area is 119 Å². The van der Waals surface area contributed by atoms with Crippen molar-refractivity contribution in [3.05, 3.63) is 48.0 Å². The van der Waals surface area contributed by atoms with Crippen LogP contribution >= 0.6 is 23.0 Å². The standard InChI is InChI=1S/C13H12INO3/c14-18-13-11(5-2-6-12(13)17)15-8-9-3-1-4-10(16)7-9/h1-7,15-17H,8H2. The maximum Gasteiger partial charge on any atom is 0.198 e. The molecular formula is C13H12INO3. The van der Waals surface area contributed by atoms with E-state index in [2.05, 4.69) is 5.32 Å². The summed E-state index contributed by atoms with van der Waals surface area (Å²) in [6, 6.07) is 12.1. The molecule has 2 rings (SSSR count). The summed E-state index contributed by atoms with van der Waals surface area (Å²) in [5.41, 5.74) is 1.64. The highest BCUT2D eigenvalue weighted by atomic mass is 127. The van der Waals surface area contributed by atoms with E-state index in [1.54, 1.807) is 53.3 Å². The molecule has 94 valence electrons. The van der Waals surface area contributed by atoms with Crippen molar-refractivity contribution in [2.45, 2.75) is 6.54 Å². The van der Waals surface area contributed by atoms with Crippen molar-refractivity contribution in [3.63, 3.8) is 0 Å². The van der Waals surface area contributed by atoms with Gasteiger partial charge in [0.05, 0.1) is 5.69 Å². The van der Waals surface area contributed by atoms with Gasteiger partial charge in [-0.05, 0) is 29.8 Å². The van der Waals surface area contributed by atoms with Gasteiger partial charge in [-0.25, -0.2) is 0 Å². The molecule has 0 radical (unpaired) electrons. The topological polar surface area (TPSA) is 61.7 Å². The largest absolute Gasteiger partial charge is 0.508 e. The molecule has 0 aliphatic carbocycles. The first kappa shape index (κ1) is 12.8. The zero-order valence-corrected chi connectivity index (χ0v) is 11.6. The molecule has 0 aliphatic heterocycles. The van der Waals surface area contributed by atoms with E-state index in [0.717, 1.165) is 5.56 Å². The van der Waals surface area contributed by atoms with Crippen molar-refractivity contribution in [1.29, 1.82) is 0 Å². The van der Waals surface area contributed by atoms with Crippen LogP contribution in [-0.2, 0) is 6.54 Å². The normalized spacial score (nSPS) is 10.1. The number of phenols is 2. The molecule has 18 heavy (non-hydrogen) atoms. The van der Waals surface area contributed by atoms with Crippen molar-refractivity contribution in [2.24, 2.45) is 0 Å². The molecule has 4 nitrogen and oxygen atoms in total. The van der Waals surface area contributed by atoms with Gasteiger partial charge >= 0.3 is 0 Å². The fourth-order valence-corrected chi connectivity index (χ4v) is 2.07. The first-order chi connectivity index (χ1) is 8.70. The fourth-order valence-electron chi connectivity index (χ4n) is 1.61. The third-order valence-corrected chi connectivity index (χ3v) is 2.91. The molecule has 0 aliphatic rings. The molecule has 0 saturated carbocycles. The number of phenolic OH excluding ortho intramolecular Hbond substituents is 2. The average Bonchev–Trinajstić information content (AvgIpc) is 2.36. The average molecular weight is 357 g/mol. The van der Waals surface area contributed by atoms with E-state index < -0.39 is 0 Å². The van der Waals surface area contributed by atoms with Crippen LogP contribution in [0.15, 0.2) is 42.5 Å². The number of aromatic hydroxyl groups is 2. The molecule has 0 spiro atoms. The van der Waals surface area contributed by atoms with Crippen LogP contribution in [0, 0.1) is 0 Å². The Hall–Kier alpha value is -1.63. The third kappa shape index (κ3) is 2.98. The molecule has 0 unspecified atom stereocenters. The molecule has 0 amide bonds. The molecule has 3 N–H and O–H groups in total. The van der Waals surface area contributed by atoms with Crippen LogP contribution in [0.25, 0.3) is 0 Å². The summed E-state index contributed by atoms with van der Waals surface area (Å²) in [7, 11) is 0. The van der Waals surface area contributed by atoms with Crippen molar-refractivity contribution >= 4 is 28.7 Å². The number of halogens is 1. The molecule has 0 fully saturated rings. The van der Waals surface area contributed by atoms with E-state index in [0.29, 0.717) is 18.0 Å². The summed E-state index contributed by atoms with van der Waals surface area (Å²) in [6.45, 7) is 0.533. The Kier molecular flexibility index (Phi) is 4.14. The summed E-state index contributed by atoms with van der Waals surface area (Å²) in [5.74, 6) is 0.721. The predicted molar refractivity (Wildman–Crippen MR) is 78.2 cm³/mol. The van der Waals surface area contributed by atoms with Crippen LogP contribution in [0.5, 0.6) is 17.2 Å². The minimum Gasteiger partial charge on any atom is -0.508 e. The van der Waals surface area contributed by atoms with Crippen LogP contribution in [0.1, 0.15) is 5.56 Å². The van der Waals surface area contributed by atoms with Crippen molar-refractivity contribution in [2.75, 3.05) is 5.32 Å². The first-order valence-corrected chi connectivity index (χ1v) is 6.21. The molecule has 0 aromatic heterocycles. The molecule has 0 bridgehead atoms. The maximum atomic E-state index is 9.62. The summed E-state index contributed by atoms with van der Waals surface area (Å²) >= 11 is 1.72. The Morgan fingerprint density at radius 3 is 2.61 bits per heavy atom. The molecule has 2 aromatic rings. The highest BCUT2D eigenvalue weighted by Gasteiger charge is 2.08. The number of para-hydroxylation sites is 1. The van der Waals surface area contributed by atoms with Gasteiger partial charge in [-0.15, -0.1) is 0 Å². The highest BCUT2D eigenvalue weighted by molar-refractivity contribution is 14.1. The lowest BCUT2D eigenvalue weighted by Gasteiger charge is -2.11. The van der Waals surface area contributed by atoms with Gasteiger partial charge < -0.3 is 18.6 Å². The van der Waals surface area contributed by atoms with Crippen LogP contribution in [-0.4, -0.2) is 10.2 Å². The summed E-state index contributed by atoms with van der Waals surface area (Å²) in [6.07, 6.45) is 0. The Morgan fingerprint density at radius 1 is 1.11 bits per heavy atom. The number of hydrogen-bond donors (Lipinski definition) is 3. The van der Waals surface area contributed by atoms with Gasteiger partial charge in [0.15, 0.2) is 34.5 Å². The lowest BCUT2D eigenvalue weighted by atomic mass is 10.2. The zero-order valence-electron chi connectivity index (χ0n) is 9.43. The minimum atomic E-state index is 0.0882. The molecular weight excluding hydrogens is 345 g/mol. The van der Waals surface area contributed by atoms with E-state index in [-0.39, 0.29) is 11.5 Å². The van der Waals surface area contributed by atoms with Gasteiger partial charge in [0.1, 0.15) is 5.75 Å². The van der Waals surface area contributed by atoms with Crippen LogP contribution in [0.3, 0.4) is 0 Å². The Morgan fingerprint density at radius 2 is 1.89 bits per heavy atom. The van der Waals surface area contributed by atoms with Crippen LogP contribution in [0.4, 0.5) is 5.69 Å². The molecule has 0 atom stereocenters. The second-order valence-corrected chi connectivity index (χ2v) is 4.19. The van der Waals surface area contributed by atoms with E-state index in [1.165, 1.54) is 0 Å². The second kappa shape index (κ2) is 5.81. The molecule has 0 saturated heterocycles. The molecule has 2 aromatic carbocycles. The lowest BCUT2D eigenvalue weighted by molar-refractivity contribution is 0.457. The Balaban J connectivity index is 2.13. The Bertz CT molecular complexity index is 546. The first-order valence-electron chi connectivity index (χ1n) is 5.33. The van der Waals surface area contributed by atoms with E-state index in [4.69, 9.17) is 3.07 Å². The maximum absolute atomic E-state index is 9.62. The highest BCUT2D eigenvalue weighted by Crippen LogP contribution is 2.35. The monoisotopic (exact) mass is 357 g/mol. The van der Waals surface area contributed by atoms with Gasteiger partial charge in [0.2, 0.25) is 0 Å². The van der Waals surface area contributed by atoms with Crippen LogP contribution in [0.2, 0.25) is 0 Å². The van der Waals surface area contributed by atoms with Crippen LogP contribution < -0.4 is 8.38 Å². The fraction of sp³-hybridized carbons (Fsp3) is 0.0769. The van der Waals surface area contributed by atoms with Crippen molar-refractivity contribution < 1.29 is 13.3 Å². The van der Waals surface area contributed by atoms with E-state index >= 15 is 0 Å². The van der Waals surface area contributed by atoms with Gasteiger partial charge in [-0.2, -0.15) is 0 Å². The molecule has 0 heterocycles. The smallest absolute Gasteiger partial charge is 0.198 e. The number of rotatable bonds is 4. The summed E-state index contributed by atoms with van der Waals surface area (Å²) in [4.78, 5) is 0. The van der Waals surface area contributed by atoms with Crippen molar-refractivity contribution in [3.8, 4) is 17.2 Å². The van der Waals surface area contributed by atoms with Gasteiger partial charge in [0, 0.05) is 6.54 Å².